The van der Waals surface area contributed by atoms with Crippen molar-refractivity contribution in [3.05, 3.63) is 47.5 Å². The van der Waals surface area contributed by atoms with Crippen LogP contribution in [0, 0.1) is 19.7 Å². The van der Waals surface area contributed by atoms with Gasteiger partial charge < -0.3 is 5.32 Å². The van der Waals surface area contributed by atoms with Crippen molar-refractivity contribution < 1.29 is 4.39 Å². The van der Waals surface area contributed by atoms with Crippen molar-refractivity contribution in [3.8, 4) is 0 Å². The number of hydrogen-bond acceptors (Lipinski definition) is 2. The van der Waals surface area contributed by atoms with Crippen molar-refractivity contribution >= 4 is 5.69 Å². The second-order valence-electron chi connectivity index (χ2n) is 3.77. The van der Waals surface area contributed by atoms with E-state index in [1.54, 1.807) is 6.07 Å². The fourth-order valence-corrected chi connectivity index (χ4v) is 1.60. The van der Waals surface area contributed by atoms with Crippen molar-refractivity contribution in [2.24, 2.45) is 0 Å². The second-order valence-corrected chi connectivity index (χ2v) is 3.77. The quantitative estimate of drug-likeness (QED) is 0.860. The summed E-state index contributed by atoms with van der Waals surface area (Å²) in [6.45, 7) is 4.49. The van der Waals surface area contributed by atoms with Crippen molar-refractivity contribution in [1.82, 2.24) is 9.78 Å². The molecule has 1 heterocycles. The zero-order valence-electron chi connectivity index (χ0n) is 9.37. The number of rotatable bonds is 3. The third-order valence-corrected chi connectivity index (χ3v) is 2.36. The van der Waals surface area contributed by atoms with E-state index in [1.807, 2.05) is 30.7 Å². The van der Waals surface area contributed by atoms with Gasteiger partial charge in [0, 0.05) is 11.4 Å². The molecule has 0 saturated carbocycles. The van der Waals surface area contributed by atoms with Crippen molar-refractivity contribution in [1.29, 1.82) is 0 Å². The van der Waals surface area contributed by atoms with Crippen molar-refractivity contribution in [2.45, 2.75) is 20.5 Å². The Hall–Kier alpha value is -1.84. The number of aryl methyl sites for hydroxylation is 2. The molecule has 0 saturated heterocycles. The van der Waals surface area contributed by atoms with Gasteiger partial charge >= 0.3 is 0 Å². The number of anilines is 1. The Balaban J connectivity index is 2.05. The predicted octanol–water partition coefficient (Wildman–Crippen LogP) is 2.71. The molecule has 4 heteroatoms. The van der Waals surface area contributed by atoms with Gasteiger partial charge in [0.25, 0.3) is 0 Å². The van der Waals surface area contributed by atoms with Crippen LogP contribution in [0.1, 0.15) is 11.4 Å². The lowest BCUT2D eigenvalue weighted by molar-refractivity contribution is 0.624. The van der Waals surface area contributed by atoms with E-state index in [9.17, 15) is 4.39 Å². The second kappa shape index (κ2) is 4.35. The first-order valence-electron chi connectivity index (χ1n) is 5.15. The maximum Gasteiger partial charge on any atom is 0.125 e. The molecular weight excluding hydrogens is 205 g/mol. The lowest BCUT2D eigenvalue weighted by Gasteiger charge is -2.08. The Labute approximate surface area is 93.9 Å². The Bertz CT molecular complexity index is 491. The molecule has 2 aromatic rings. The first kappa shape index (κ1) is 10.7. The maximum absolute atomic E-state index is 12.9. The molecule has 84 valence electrons. The van der Waals surface area contributed by atoms with Gasteiger partial charge in [-0.1, -0.05) is 6.07 Å². The van der Waals surface area contributed by atoms with Crippen LogP contribution < -0.4 is 5.32 Å². The fraction of sp³-hybridized carbons (Fsp3) is 0.250. The highest BCUT2D eigenvalue weighted by molar-refractivity contribution is 5.42. The van der Waals surface area contributed by atoms with Gasteiger partial charge in [0.05, 0.1) is 5.69 Å². The predicted molar refractivity (Wildman–Crippen MR) is 61.7 cm³/mol. The molecule has 0 unspecified atom stereocenters. The first-order valence-corrected chi connectivity index (χ1v) is 5.15. The van der Waals surface area contributed by atoms with Crippen LogP contribution in [-0.2, 0) is 6.67 Å². The SMILES string of the molecule is Cc1cc(C)n(CNc2cccc(F)c2)n1. The highest BCUT2D eigenvalue weighted by Gasteiger charge is 2.00. The van der Waals surface area contributed by atoms with E-state index in [-0.39, 0.29) is 5.82 Å². The van der Waals surface area contributed by atoms with Gasteiger partial charge in [0.1, 0.15) is 12.5 Å². The smallest absolute Gasteiger partial charge is 0.125 e. The number of nitrogens with one attached hydrogen (secondary N) is 1. The van der Waals surface area contributed by atoms with E-state index in [4.69, 9.17) is 0 Å². The van der Waals surface area contributed by atoms with Gasteiger partial charge in [-0.15, -0.1) is 0 Å². The average molecular weight is 219 g/mol. The summed E-state index contributed by atoms with van der Waals surface area (Å²) in [5, 5.41) is 7.42. The Kier molecular flexibility index (Phi) is 2.90. The van der Waals surface area contributed by atoms with Crippen LogP contribution in [0.15, 0.2) is 30.3 Å². The molecule has 0 amide bonds. The van der Waals surface area contributed by atoms with Crippen molar-refractivity contribution in [3.63, 3.8) is 0 Å². The van der Waals surface area contributed by atoms with Gasteiger partial charge in [0.2, 0.25) is 0 Å². The molecule has 0 aliphatic heterocycles. The molecule has 0 radical (unpaired) electrons. The summed E-state index contributed by atoms with van der Waals surface area (Å²) < 4.78 is 14.8. The van der Waals surface area contributed by atoms with Gasteiger partial charge in [-0.25, -0.2) is 4.39 Å². The summed E-state index contributed by atoms with van der Waals surface area (Å²) in [4.78, 5) is 0. The van der Waals surface area contributed by atoms with E-state index in [2.05, 4.69) is 10.4 Å². The zero-order chi connectivity index (χ0) is 11.5. The standard InChI is InChI=1S/C12H14FN3/c1-9-6-10(2)16(15-9)8-14-12-5-3-4-11(13)7-12/h3-7,14H,8H2,1-2H3. The third kappa shape index (κ3) is 2.39. The Morgan fingerprint density at radius 3 is 2.75 bits per heavy atom. The number of hydrogen-bond donors (Lipinski definition) is 1. The molecule has 1 aromatic carbocycles. The van der Waals surface area contributed by atoms with Crippen molar-refractivity contribution in [2.75, 3.05) is 5.32 Å². The number of benzene rings is 1. The van der Waals surface area contributed by atoms with Crippen LogP contribution in [-0.4, -0.2) is 9.78 Å². The summed E-state index contributed by atoms with van der Waals surface area (Å²) in [5.74, 6) is -0.238. The van der Waals surface area contributed by atoms with Gasteiger partial charge in [-0.2, -0.15) is 5.10 Å². The molecule has 2 rings (SSSR count). The highest BCUT2D eigenvalue weighted by Crippen LogP contribution is 2.10. The minimum absolute atomic E-state index is 0.238. The van der Waals surface area contributed by atoms with Gasteiger partial charge in [-0.3, -0.25) is 4.68 Å². The van der Waals surface area contributed by atoms with Gasteiger partial charge in [0.15, 0.2) is 0 Å². The Morgan fingerprint density at radius 2 is 2.12 bits per heavy atom. The maximum atomic E-state index is 12.9. The molecule has 1 N–H and O–H groups in total. The van der Waals surface area contributed by atoms with Crippen LogP contribution in [0.3, 0.4) is 0 Å². The van der Waals surface area contributed by atoms with Crippen LogP contribution in [0.5, 0.6) is 0 Å². The molecule has 0 aliphatic carbocycles. The van der Waals surface area contributed by atoms with Crippen LogP contribution in [0.4, 0.5) is 10.1 Å². The van der Waals surface area contributed by atoms with E-state index >= 15 is 0 Å². The molecule has 0 atom stereocenters. The molecule has 3 nitrogen and oxygen atoms in total. The Morgan fingerprint density at radius 1 is 1.31 bits per heavy atom. The fourth-order valence-electron chi connectivity index (χ4n) is 1.60. The summed E-state index contributed by atoms with van der Waals surface area (Å²) in [5.41, 5.74) is 2.83. The van der Waals surface area contributed by atoms with E-state index in [1.165, 1.54) is 12.1 Å². The molecule has 0 fully saturated rings. The summed E-state index contributed by atoms with van der Waals surface area (Å²) >= 11 is 0. The minimum Gasteiger partial charge on any atom is -0.366 e. The number of halogens is 1. The third-order valence-electron chi connectivity index (χ3n) is 2.36. The highest BCUT2D eigenvalue weighted by atomic mass is 19.1. The summed E-state index contributed by atoms with van der Waals surface area (Å²) in [7, 11) is 0. The van der Waals surface area contributed by atoms with Gasteiger partial charge in [-0.05, 0) is 38.1 Å². The topological polar surface area (TPSA) is 29.9 Å². The van der Waals surface area contributed by atoms with Crippen LogP contribution >= 0.6 is 0 Å². The zero-order valence-corrected chi connectivity index (χ0v) is 9.37. The van der Waals surface area contributed by atoms with E-state index in [0.29, 0.717) is 6.67 Å². The average Bonchev–Trinajstić information content (AvgIpc) is 2.54. The van der Waals surface area contributed by atoms with E-state index < -0.39 is 0 Å². The van der Waals surface area contributed by atoms with Crippen LogP contribution in [0.2, 0.25) is 0 Å². The minimum atomic E-state index is -0.238. The monoisotopic (exact) mass is 219 g/mol. The largest absolute Gasteiger partial charge is 0.366 e. The molecule has 1 aromatic heterocycles. The van der Waals surface area contributed by atoms with Crippen LogP contribution in [0.25, 0.3) is 0 Å². The number of aromatic nitrogens is 2. The molecular formula is C12H14FN3. The molecule has 0 bridgehead atoms. The normalized spacial score (nSPS) is 10.4. The first-order chi connectivity index (χ1) is 7.65. The molecule has 16 heavy (non-hydrogen) atoms. The summed E-state index contributed by atoms with van der Waals surface area (Å²) in [6, 6.07) is 8.40. The molecule has 0 aliphatic rings. The van der Waals surface area contributed by atoms with E-state index in [0.717, 1.165) is 17.1 Å². The number of nitrogens with zero attached hydrogens (tertiary/aromatic N) is 2. The lowest BCUT2D eigenvalue weighted by atomic mass is 10.3. The molecule has 0 spiro atoms. The lowest BCUT2D eigenvalue weighted by Crippen LogP contribution is -2.10. The summed E-state index contributed by atoms with van der Waals surface area (Å²) in [6.07, 6.45) is 0.